The SMILES string of the molecule is CC(=O)N[C@H]1[C@H](O[C@@H]2[C@H](O[C@]3(C(=O)O)C[C@H](O)[C@@H](NC(=O)CO)[C@H]([C@H](O)[C@@H](CO)O[C@]4(C(=O)O)C[C@H](O)[C@@H](NC(=O)CO)[C@H]([C@H](O)[C@@H](CO)O[C@]5(C(=O)O)C[C@H](O)[C@@H](NC(=O)CO)[C@H]([C@H](O)[C@H](O)CO)O5)O4)O3)[C@@H](O)[C@H](O[C@H]3[C@H](O)[C@@H](O)[C@H](O)O[C@@H]3CO)O[C@@H]2CO)O[C@H](CO)[C@H](O)[C@@H]1O[C@@H]1O[C@H](CO)[C@H](O)[C@H](O[C@]2(C(=O)O)C[C@H](O)[C@@H](NC(C)=O)[C@H]([C@H](O)[C@H](O)CO)O2)[C@H]1O. The van der Waals surface area contributed by atoms with Crippen molar-refractivity contribution in [2.24, 2.45) is 0 Å². The molecule has 0 unspecified atom stereocenters. The summed E-state index contributed by atoms with van der Waals surface area (Å²) in [5, 5.41) is 365. The zero-order chi connectivity index (χ0) is 98.0. The van der Waals surface area contributed by atoms with E-state index in [0.717, 1.165) is 13.8 Å². The van der Waals surface area contributed by atoms with Crippen LogP contribution in [0.3, 0.4) is 0 Å². The Morgan fingerprint density at radius 3 is 0.992 bits per heavy atom. The summed E-state index contributed by atoms with van der Waals surface area (Å²) in [5.41, 5.74) is 0. The quantitative estimate of drug-likeness (QED) is 0.0270. The molecular formula is C70H113N5O56. The number of carboxylic acid groups (broad SMARTS) is 4. The van der Waals surface area contributed by atoms with E-state index in [2.05, 4.69) is 10.6 Å². The molecule has 0 bridgehead atoms. The Bertz CT molecular complexity index is 3780. The van der Waals surface area contributed by atoms with Crippen LogP contribution in [0.15, 0.2) is 0 Å². The fourth-order valence-corrected chi connectivity index (χ4v) is 16.3. The van der Waals surface area contributed by atoms with E-state index >= 15 is 0 Å². The smallest absolute Gasteiger partial charge is 0.364 e. The van der Waals surface area contributed by atoms with E-state index in [9.17, 15) is 207 Å². The largest absolute Gasteiger partial charge is 0.477 e. The first-order valence-corrected chi connectivity index (χ1v) is 40.2. The van der Waals surface area contributed by atoms with Gasteiger partial charge >= 0.3 is 23.9 Å². The van der Waals surface area contributed by atoms with Crippen molar-refractivity contribution in [3.63, 3.8) is 0 Å². The van der Waals surface area contributed by atoms with Crippen molar-refractivity contribution in [2.75, 3.05) is 72.7 Å². The van der Waals surface area contributed by atoms with Crippen LogP contribution in [0.1, 0.15) is 39.5 Å². The highest BCUT2D eigenvalue weighted by molar-refractivity contribution is 5.81. The van der Waals surface area contributed by atoms with Gasteiger partial charge in [-0.05, 0) is 0 Å². The number of nitrogens with one attached hydrogen (secondary N) is 5. The van der Waals surface area contributed by atoms with Gasteiger partial charge in [0.2, 0.25) is 29.5 Å². The molecule has 0 aromatic heterocycles. The molecule has 8 aliphatic heterocycles. The molecule has 131 heavy (non-hydrogen) atoms. The molecule has 61 heteroatoms. The summed E-state index contributed by atoms with van der Waals surface area (Å²) in [6.07, 6.45) is -95.0. The van der Waals surface area contributed by atoms with Gasteiger partial charge in [-0.3, -0.25) is 24.0 Å². The summed E-state index contributed by atoms with van der Waals surface area (Å²) in [5.74, 6) is -31.2. The number of carboxylic acids is 4. The Balaban J connectivity index is 1.20. The predicted molar refractivity (Wildman–Crippen MR) is 395 cm³/mol. The molecule has 0 aliphatic carbocycles. The highest BCUT2D eigenvalue weighted by atomic mass is 16.8. The molecule has 0 radical (unpaired) electrons. The Hall–Kier alpha value is -6.49. The molecule has 37 N–H and O–H groups in total. The molecule has 5 amide bonds. The third-order valence-corrected chi connectivity index (χ3v) is 22.9. The van der Waals surface area contributed by atoms with Crippen LogP contribution in [0.25, 0.3) is 0 Å². The molecule has 8 fully saturated rings. The number of carbonyl (C=O) groups excluding carboxylic acids is 5. The highest BCUT2D eigenvalue weighted by Crippen LogP contribution is 2.46. The van der Waals surface area contributed by atoms with Crippen molar-refractivity contribution < 1.29 is 278 Å². The van der Waals surface area contributed by atoms with Gasteiger partial charge in [0.15, 0.2) is 25.2 Å². The van der Waals surface area contributed by atoms with E-state index in [1.165, 1.54) is 0 Å². The molecule has 0 aromatic rings. The van der Waals surface area contributed by atoms with Gasteiger partial charge in [0.05, 0.1) is 101 Å². The second-order valence-electron chi connectivity index (χ2n) is 31.8. The maximum Gasteiger partial charge on any atom is 0.364 e. The number of carbonyl (C=O) groups is 9. The molecule has 8 heterocycles. The van der Waals surface area contributed by atoms with Crippen LogP contribution in [0.2, 0.25) is 0 Å². The minimum atomic E-state index is -3.98. The number of aliphatic carboxylic acids is 4. The van der Waals surface area contributed by atoms with Crippen molar-refractivity contribution in [3.05, 3.63) is 0 Å². The van der Waals surface area contributed by atoms with Gasteiger partial charge in [0.25, 0.3) is 23.1 Å². The topological polar surface area (TPSA) is 1000 Å². The first-order chi connectivity index (χ1) is 61.5. The monoisotopic (exact) mass is 1920 g/mol. The van der Waals surface area contributed by atoms with Crippen molar-refractivity contribution in [2.45, 2.75) is 307 Å². The molecule has 44 atom stereocenters. The Kier molecular flexibility index (Phi) is 39.0. The number of aliphatic hydroxyl groups excluding tert-OH is 28. The van der Waals surface area contributed by atoms with Crippen LogP contribution < -0.4 is 26.6 Å². The predicted octanol–water partition coefficient (Wildman–Crippen LogP) is -24.0. The molecule has 61 nitrogen and oxygen atoms in total. The zero-order valence-electron chi connectivity index (χ0n) is 68.8. The summed E-state index contributed by atoms with van der Waals surface area (Å²) in [4.78, 5) is 120. The third-order valence-electron chi connectivity index (χ3n) is 22.9. The van der Waals surface area contributed by atoms with Crippen LogP contribution in [-0.2, 0) is 114 Å². The van der Waals surface area contributed by atoms with Crippen LogP contribution >= 0.6 is 0 Å². The number of hydrogen-bond acceptors (Lipinski definition) is 52. The van der Waals surface area contributed by atoms with Crippen LogP contribution in [0.5, 0.6) is 0 Å². The van der Waals surface area contributed by atoms with E-state index in [-0.39, 0.29) is 0 Å². The summed E-state index contributed by atoms with van der Waals surface area (Å²) in [6, 6.07) is -11.1. The maximum absolute atomic E-state index is 14.5. The minimum absolute atomic E-state index is 0.754. The minimum Gasteiger partial charge on any atom is -0.477 e. The second kappa shape index (κ2) is 46.6. The molecule has 8 aliphatic rings. The van der Waals surface area contributed by atoms with E-state index in [1.54, 1.807) is 0 Å². The molecule has 0 aromatic carbocycles. The average molecular weight is 1920 g/mol. The van der Waals surface area contributed by atoms with Gasteiger partial charge in [-0.2, -0.15) is 0 Å². The Labute approximate surface area is 735 Å². The summed E-state index contributed by atoms with van der Waals surface area (Å²) >= 11 is 0. The molecule has 8 rings (SSSR count). The van der Waals surface area contributed by atoms with E-state index in [4.69, 9.17) is 71.1 Å². The Morgan fingerprint density at radius 2 is 0.634 bits per heavy atom. The number of ether oxygens (including phenoxy) is 15. The van der Waals surface area contributed by atoms with Crippen LogP contribution in [0.4, 0.5) is 0 Å². The number of hydrogen-bond donors (Lipinski definition) is 37. The van der Waals surface area contributed by atoms with Gasteiger partial charge in [0.1, 0.15) is 191 Å². The lowest BCUT2D eigenvalue weighted by Crippen LogP contribution is -2.73. The van der Waals surface area contributed by atoms with Gasteiger partial charge in [0, 0.05) is 39.5 Å². The van der Waals surface area contributed by atoms with Crippen molar-refractivity contribution >= 4 is 53.4 Å². The summed E-state index contributed by atoms with van der Waals surface area (Å²) in [7, 11) is 0. The molecule has 8 saturated heterocycles. The molecule has 754 valence electrons. The summed E-state index contributed by atoms with van der Waals surface area (Å²) < 4.78 is 87.1. The van der Waals surface area contributed by atoms with E-state index < -0.39 is 420 Å². The van der Waals surface area contributed by atoms with E-state index in [1.807, 2.05) is 16.0 Å². The average Bonchev–Trinajstić information content (AvgIpc) is 0.747. The van der Waals surface area contributed by atoms with Gasteiger partial charge in [-0.1, -0.05) is 0 Å². The first-order valence-electron chi connectivity index (χ1n) is 40.2. The van der Waals surface area contributed by atoms with Gasteiger partial charge < -0.3 is 261 Å². The standard InChI is InChI=1S/C70H113N5O56/c1-18(87)71-35-20(89)5-69(65(113)114,127-53(35)40(98)24(93)7-76)130-57-43(101)27(10-79)119-61(48(57)106)123-52-39(72-19(2)88)60(118-26(9-78)42(52)100)122-51-31(14-83)120-62(121-50-30(13-82)117-59(108)47(105)46(50)104)49(107)58(51)131-70(66(115)116)6-23(92)38(75-34(97)17-86)56(129-70)45(103)29(12-81)125-68(64(111)112)4-22(91)37(74-33(96)16-85)55(128-68)44(102)28(11-80)124-67(63(109)110)3-21(90)36(73-32(95)15-84)54(126-67)41(99)25(94)8-77/h20-31,35-62,76-86,89-94,98-108H,3-17H2,1-2H3,(H,71,87)(H,72,88)(H,73,95)(H,74,96)(H,75,97)(H,109,110)(H,111,112)(H,113,114)(H,115,116)/t20-,21-,22-,23-,24+,25+,26+,27+,28+,29+,30+,31+,35+,36+,37+,38+,39+,40+,41+,42-,43-,44+,45+,46+,47+,48+,49+,50+,51-,52+,53+,54+,55+,56+,57-,58+,59+,60-,61-,62-,67+,68+,69-,70-/m0/s1. The number of amides is 5. The zero-order valence-corrected chi connectivity index (χ0v) is 68.8. The van der Waals surface area contributed by atoms with Crippen molar-refractivity contribution in [3.8, 4) is 0 Å². The fraction of sp³-hybridized carbons (Fsp3) is 0.871. The lowest BCUT2D eigenvalue weighted by Gasteiger charge is -2.53. The number of rotatable bonds is 42. The van der Waals surface area contributed by atoms with Crippen LogP contribution in [-0.4, -0.2) is 557 Å². The summed E-state index contributed by atoms with van der Waals surface area (Å²) in [6.45, 7) is -14.6. The normalized spacial score (nSPS) is 41.8. The van der Waals surface area contributed by atoms with Crippen molar-refractivity contribution in [1.82, 2.24) is 26.6 Å². The second-order valence-corrected chi connectivity index (χ2v) is 31.8. The lowest BCUT2D eigenvalue weighted by atomic mass is 9.86. The molecule has 0 saturated carbocycles. The third kappa shape index (κ3) is 24.0. The molecular weight excluding hydrogens is 1810 g/mol. The Morgan fingerprint density at radius 1 is 0.328 bits per heavy atom. The molecule has 0 spiro atoms. The highest BCUT2D eigenvalue weighted by Gasteiger charge is 2.67. The lowest BCUT2D eigenvalue weighted by molar-refractivity contribution is -0.405. The van der Waals surface area contributed by atoms with Crippen molar-refractivity contribution in [1.29, 1.82) is 0 Å². The van der Waals surface area contributed by atoms with Gasteiger partial charge in [-0.25, -0.2) is 19.2 Å². The van der Waals surface area contributed by atoms with Gasteiger partial charge in [-0.15, -0.1) is 0 Å². The van der Waals surface area contributed by atoms with E-state index in [0.29, 0.717) is 0 Å². The first kappa shape index (κ1) is 110. The number of aliphatic hydroxyl groups is 28. The maximum atomic E-state index is 14.5. The van der Waals surface area contributed by atoms with Crippen LogP contribution in [0, 0.1) is 0 Å². The fourth-order valence-electron chi connectivity index (χ4n) is 16.3.